The fourth-order valence-corrected chi connectivity index (χ4v) is 8.03. The van der Waals surface area contributed by atoms with Crippen molar-refractivity contribution >= 4 is 35.8 Å². The van der Waals surface area contributed by atoms with Gasteiger partial charge in [0.05, 0.1) is 20.8 Å². The number of hydrogen-bond acceptors (Lipinski definition) is 13. The summed E-state index contributed by atoms with van der Waals surface area (Å²) < 4.78 is 36.7. The summed E-state index contributed by atoms with van der Waals surface area (Å²) in [6.07, 6.45) is 13.2. The molecule has 0 amide bonds. The Hall–Kier alpha value is -6.24. The van der Waals surface area contributed by atoms with Crippen molar-refractivity contribution in [3.05, 3.63) is 113 Å². The second kappa shape index (κ2) is 26.8. The Labute approximate surface area is 395 Å². The first-order chi connectivity index (χ1) is 32.1. The molecule has 0 spiro atoms. The molecule has 0 bridgehead atoms. The Morgan fingerprint density at radius 3 is 1.66 bits per heavy atom. The molecule has 1 fully saturated rings. The summed E-state index contributed by atoms with van der Waals surface area (Å²) in [5, 5.41) is 0. The minimum Gasteiger partial charge on any atom is -0.492 e. The van der Waals surface area contributed by atoms with Gasteiger partial charge in [0.15, 0.2) is 0 Å². The molecule has 13 nitrogen and oxygen atoms in total. The maximum absolute atomic E-state index is 12.6. The summed E-state index contributed by atoms with van der Waals surface area (Å²) in [5.41, 5.74) is 6.08. The maximum atomic E-state index is 12.6. The summed E-state index contributed by atoms with van der Waals surface area (Å²) in [6.45, 7) is 12.2. The van der Waals surface area contributed by atoms with E-state index >= 15 is 0 Å². The third kappa shape index (κ3) is 16.9. The van der Waals surface area contributed by atoms with Gasteiger partial charge in [0.2, 0.25) is 0 Å². The van der Waals surface area contributed by atoms with Crippen LogP contribution < -0.4 is 4.74 Å². The number of methoxy groups -OCH3 is 2. The van der Waals surface area contributed by atoms with E-state index in [2.05, 4.69) is 78.1 Å². The van der Waals surface area contributed by atoms with Crippen LogP contribution in [0.5, 0.6) is 5.75 Å². The molecule has 0 aromatic heterocycles. The lowest BCUT2D eigenvalue weighted by Gasteiger charge is -2.32. The van der Waals surface area contributed by atoms with Crippen molar-refractivity contribution in [2.24, 2.45) is 11.3 Å². The van der Waals surface area contributed by atoms with Gasteiger partial charge in [-0.2, -0.15) is 0 Å². The zero-order valence-corrected chi connectivity index (χ0v) is 40.2. The van der Waals surface area contributed by atoms with E-state index in [0.717, 1.165) is 49.7 Å². The number of benzene rings is 3. The number of carbonyl (C=O) groups excluding carboxylic acids is 6. The number of unbranched alkanes of at least 4 members (excludes halogenated alkanes) is 2. The number of aryl methyl sites for hydroxylation is 4. The van der Waals surface area contributed by atoms with Gasteiger partial charge in [-0.05, 0) is 135 Å². The van der Waals surface area contributed by atoms with Gasteiger partial charge >= 0.3 is 35.8 Å². The van der Waals surface area contributed by atoms with Crippen LogP contribution in [0.15, 0.2) is 85.0 Å². The first-order valence-corrected chi connectivity index (χ1v) is 23.2. The van der Waals surface area contributed by atoms with E-state index in [9.17, 15) is 28.8 Å². The smallest absolute Gasteiger partial charge is 0.417 e. The van der Waals surface area contributed by atoms with Crippen LogP contribution in [0.3, 0.4) is 0 Å². The average Bonchev–Trinajstić information content (AvgIpc) is 3.34. The lowest BCUT2D eigenvalue weighted by molar-refractivity contribution is -0.177. The van der Waals surface area contributed by atoms with E-state index in [0.29, 0.717) is 30.1 Å². The molecule has 0 N–H and O–H groups in total. The standard InChI is InChI=1S/C54H68O13/c1-9-10-11-13-39-17-23-42(24-18-39)43-25-19-40(20-26-43)15-16-41-21-27-44(28-22-41)46-31-45(14-12-29-63-48(55)36(2)3)47(30-38(46)6)64-32-54(33-65-49(56)37(4)5,34-66-52(59)50(57)61-7)35-67-53(60)51(58)62-8/h19-22,25-28,30-31,39,42H,2,4,9-18,23-24,29,32-35H2,1,3,5-8H3. The third-order valence-corrected chi connectivity index (χ3v) is 12.2. The lowest BCUT2D eigenvalue weighted by atomic mass is 9.77. The van der Waals surface area contributed by atoms with Crippen molar-refractivity contribution in [2.75, 3.05) is 47.3 Å². The summed E-state index contributed by atoms with van der Waals surface area (Å²) in [5.74, 6) is -4.75. The van der Waals surface area contributed by atoms with E-state index in [1.165, 1.54) is 75.0 Å². The fraction of sp³-hybridized carbons (Fsp3) is 0.481. The van der Waals surface area contributed by atoms with Crippen molar-refractivity contribution in [2.45, 2.75) is 111 Å². The van der Waals surface area contributed by atoms with E-state index in [1.807, 2.05) is 19.1 Å². The molecule has 1 aliphatic carbocycles. The molecule has 362 valence electrons. The van der Waals surface area contributed by atoms with E-state index < -0.39 is 67.7 Å². The monoisotopic (exact) mass is 924 g/mol. The summed E-state index contributed by atoms with van der Waals surface area (Å²) in [7, 11) is 1.99. The predicted molar refractivity (Wildman–Crippen MR) is 253 cm³/mol. The van der Waals surface area contributed by atoms with Gasteiger partial charge < -0.3 is 33.2 Å². The van der Waals surface area contributed by atoms with Gasteiger partial charge in [0, 0.05) is 11.1 Å². The molecule has 67 heavy (non-hydrogen) atoms. The van der Waals surface area contributed by atoms with Crippen LogP contribution >= 0.6 is 0 Å². The fourth-order valence-electron chi connectivity index (χ4n) is 8.03. The molecular formula is C54H68O13. The van der Waals surface area contributed by atoms with Crippen molar-refractivity contribution in [3.8, 4) is 16.9 Å². The molecule has 3 aromatic carbocycles. The molecule has 3 aromatic rings. The lowest BCUT2D eigenvalue weighted by Crippen LogP contribution is -2.45. The summed E-state index contributed by atoms with van der Waals surface area (Å²) in [4.78, 5) is 73.7. The molecule has 0 atom stereocenters. The van der Waals surface area contributed by atoms with Crippen molar-refractivity contribution in [3.63, 3.8) is 0 Å². The van der Waals surface area contributed by atoms with E-state index in [-0.39, 0.29) is 17.8 Å². The molecule has 0 radical (unpaired) electrons. The van der Waals surface area contributed by atoms with Crippen LogP contribution in [0, 0.1) is 18.3 Å². The Balaban J connectivity index is 1.55. The number of ether oxygens (including phenoxy) is 7. The first-order valence-electron chi connectivity index (χ1n) is 23.2. The largest absolute Gasteiger partial charge is 0.492 e. The Kier molecular flexibility index (Phi) is 21.3. The number of hydrogen-bond donors (Lipinski definition) is 0. The van der Waals surface area contributed by atoms with Gasteiger partial charge in [-0.25, -0.2) is 28.8 Å². The highest BCUT2D eigenvalue weighted by Gasteiger charge is 2.39. The van der Waals surface area contributed by atoms with Gasteiger partial charge in [-0.3, -0.25) is 0 Å². The van der Waals surface area contributed by atoms with Crippen molar-refractivity contribution in [1.82, 2.24) is 0 Å². The molecule has 0 heterocycles. The van der Waals surface area contributed by atoms with Gasteiger partial charge in [-0.15, -0.1) is 0 Å². The molecule has 0 saturated heterocycles. The van der Waals surface area contributed by atoms with Crippen molar-refractivity contribution < 1.29 is 61.9 Å². The Morgan fingerprint density at radius 1 is 0.612 bits per heavy atom. The second-order valence-electron chi connectivity index (χ2n) is 17.7. The molecule has 0 aliphatic heterocycles. The maximum Gasteiger partial charge on any atom is 0.417 e. The summed E-state index contributed by atoms with van der Waals surface area (Å²) >= 11 is 0. The molecular weight excluding hydrogens is 857 g/mol. The van der Waals surface area contributed by atoms with Crippen LogP contribution in [0.2, 0.25) is 0 Å². The molecule has 1 saturated carbocycles. The van der Waals surface area contributed by atoms with Crippen LogP contribution in [0.25, 0.3) is 11.1 Å². The SMILES string of the molecule is C=C(C)C(=O)OCCCc1cc(-c2ccc(CCc3ccc(C4CCC(CCCCC)CC4)cc3)cc2)c(C)cc1OCC(COC(=O)C(=C)C)(COC(=O)C(=O)OC)COC(=O)C(=O)OC. The van der Waals surface area contributed by atoms with Crippen molar-refractivity contribution in [1.29, 1.82) is 0 Å². The van der Waals surface area contributed by atoms with Gasteiger partial charge in [0.1, 0.15) is 37.6 Å². The number of esters is 6. The normalized spacial score (nSPS) is 14.5. The quantitative estimate of drug-likeness (QED) is 0.0274. The molecule has 4 rings (SSSR count). The van der Waals surface area contributed by atoms with Crippen LogP contribution in [0.4, 0.5) is 0 Å². The average molecular weight is 925 g/mol. The van der Waals surface area contributed by atoms with Crippen LogP contribution in [-0.2, 0) is 76.5 Å². The highest BCUT2D eigenvalue weighted by atomic mass is 16.6. The second-order valence-corrected chi connectivity index (χ2v) is 17.7. The zero-order chi connectivity index (χ0) is 48.9. The third-order valence-electron chi connectivity index (χ3n) is 12.2. The molecule has 1 aliphatic rings. The van der Waals surface area contributed by atoms with Gasteiger partial charge in [-0.1, -0.05) is 94.3 Å². The predicted octanol–water partition coefficient (Wildman–Crippen LogP) is 9.27. The molecule has 0 unspecified atom stereocenters. The minimum absolute atomic E-state index is 0.0482. The molecule has 13 heteroatoms. The Bertz CT molecular complexity index is 2150. The van der Waals surface area contributed by atoms with Gasteiger partial charge in [0.25, 0.3) is 0 Å². The summed E-state index contributed by atoms with van der Waals surface area (Å²) in [6, 6.07) is 21.5. The first kappa shape index (κ1) is 53.4. The number of rotatable bonds is 24. The highest BCUT2D eigenvalue weighted by Crippen LogP contribution is 2.38. The highest BCUT2D eigenvalue weighted by molar-refractivity contribution is 6.30. The van der Waals surface area contributed by atoms with E-state index in [4.69, 9.17) is 23.7 Å². The topological polar surface area (TPSA) is 167 Å². The van der Waals surface area contributed by atoms with Crippen LogP contribution in [-0.4, -0.2) is 83.1 Å². The van der Waals surface area contributed by atoms with E-state index in [1.54, 1.807) is 6.92 Å². The van der Waals surface area contributed by atoms with Crippen LogP contribution in [0.1, 0.15) is 112 Å². The Morgan fingerprint density at radius 2 is 1.13 bits per heavy atom. The number of carbonyl (C=O) groups is 6. The minimum atomic E-state index is -1.68. The zero-order valence-electron chi connectivity index (χ0n) is 40.2.